The van der Waals surface area contributed by atoms with E-state index in [2.05, 4.69) is 0 Å². The van der Waals surface area contributed by atoms with Gasteiger partial charge in [0, 0.05) is 6.42 Å². The van der Waals surface area contributed by atoms with Gasteiger partial charge in [-0.15, -0.1) is 0 Å². The lowest BCUT2D eigenvalue weighted by molar-refractivity contribution is -0.0687. The molecular formula is C7H13F2N. The van der Waals surface area contributed by atoms with Crippen molar-refractivity contribution in [2.45, 2.75) is 38.2 Å². The van der Waals surface area contributed by atoms with Gasteiger partial charge in [-0.3, -0.25) is 0 Å². The van der Waals surface area contributed by atoms with Gasteiger partial charge in [-0.25, -0.2) is 8.78 Å². The molecule has 0 aromatic carbocycles. The molecule has 0 amide bonds. The predicted octanol–water partition coefficient (Wildman–Crippen LogP) is 1.77. The molecule has 0 aromatic rings. The second-order valence-electron chi connectivity index (χ2n) is 3.16. The Hall–Kier alpha value is -0.180. The average molecular weight is 149 g/mol. The van der Waals surface area contributed by atoms with Gasteiger partial charge in [-0.2, -0.15) is 0 Å². The highest BCUT2D eigenvalue weighted by atomic mass is 19.3. The molecule has 1 aliphatic rings. The van der Waals surface area contributed by atoms with Crippen LogP contribution in [0.5, 0.6) is 0 Å². The fourth-order valence-electron chi connectivity index (χ4n) is 1.42. The van der Waals surface area contributed by atoms with Crippen LogP contribution in [-0.4, -0.2) is 12.0 Å². The number of nitrogens with two attached hydrogens (primary N) is 1. The van der Waals surface area contributed by atoms with Crippen LogP contribution >= 0.6 is 0 Å². The van der Waals surface area contributed by atoms with Crippen molar-refractivity contribution in [2.24, 2.45) is 11.7 Å². The third-order valence-electron chi connectivity index (χ3n) is 2.27. The molecule has 0 bridgehead atoms. The van der Waals surface area contributed by atoms with E-state index in [0.29, 0.717) is 6.42 Å². The molecule has 0 unspecified atom stereocenters. The first-order chi connectivity index (χ1) is 4.54. The zero-order chi connectivity index (χ0) is 7.78. The van der Waals surface area contributed by atoms with Crippen LogP contribution in [0.25, 0.3) is 0 Å². The molecule has 1 aliphatic carbocycles. The lowest BCUT2D eigenvalue weighted by atomic mass is 9.84. The Balaban J connectivity index is 2.60. The maximum Gasteiger partial charge on any atom is 0.263 e. The maximum atomic E-state index is 12.7. The molecule has 0 heterocycles. The summed E-state index contributed by atoms with van der Waals surface area (Å²) in [5.41, 5.74) is 5.31. The van der Waals surface area contributed by atoms with Crippen molar-refractivity contribution in [2.75, 3.05) is 0 Å². The van der Waals surface area contributed by atoms with Crippen LogP contribution in [0.15, 0.2) is 0 Å². The largest absolute Gasteiger partial charge is 0.322 e. The first kappa shape index (κ1) is 7.92. The molecule has 0 radical (unpaired) electrons. The number of hydrogen-bond donors (Lipinski definition) is 1. The Labute approximate surface area is 59.6 Å². The Morgan fingerprint density at radius 3 is 2.50 bits per heavy atom. The second kappa shape index (κ2) is 2.46. The predicted molar refractivity (Wildman–Crippen MR) is 35.9 cm³/mol. The van der Waals surface area contributed by atoms with Crippen molar-refractivity contribution in [3.63, 3.8) is 0 Å². The van der Waals surface area contributed by atoms with E-state index in [1.54, 1.807) is 6.92 Å². The number of hydrogen-bond acceptors (Lipinski definition) is 1. The van der Waals surface area contributed by atoms with E-state index in [1.807, 2.05) is 0 Å². The standard InChI is InChI=1S/C7H13F2N/c1-5-3-2-4-7(8,9)6(5)10/h5-6H,2-4,10H2,1H3/t5-,6-/m1/s1. The van der Waals surface area contributed by atoms with E-state index in [1.165, 1.54) is 0 Å². The molecule has 60 valence electrons. The van der Waals surface area contributed by atoms with Gasteiger partial charge < -0.3 is 5.73 Å². The Morgan fingerprint density at radius 2 is 2.10 bits per heavy atom. The lowest BCUT2D eigenvalue weighted by Gasteiger charge is -2.33. The summed E-state index contributed by atoms with van der Waals surface area (Å²) < 4.78 is 25.4. The summed E-state index contributed by atoms with van der Waals surface area (Å²) in [5, 5.41) is 0. The zero-order valence-corrected chi connectivity index (χ0v) is 6.11. The monoisotopic (exact) mass is 149 g/mol. The zero-order valence-electron chi connectivity index (χ0n) is 6.11. The second-order valence-corrected chi connectivity index (χ2v) is 3.16. The number of alkyl halides is 2. The molecule has 0 spiro atoms. The van der Waals surface area contributed by atoms with Crippen molar-refractivity contribution in [3.8, 4) is 0 Å². The van der Waals surface area contributed by atoms with Crippen LogP contribution in [0.3, 0.4) is 0 Å². The smallest absolute Gasteiger partial charge is 0.263 e. The molecule has 0 saturated heterocycles. The van der Waals surface area contributed by atoms with E-state index < -0.39 is 12.0 Å². The van der Waals surface area contributed by atoms with Gasteiger partial charge in [-0.05, 0) is 18.8 Å². The molecule has 2 atom stereocenters. The third-order valence-corrected chi connectivity index (χ3v) is 2.27. The fourth-order valence-corrected chi connectivity index (χ4v) is 1.42. The highest BCUT2D eigenvalue weighted by molar-refractivity contribution is 4.88. The summed E-state index contributed by atoms with van der Waals surface area (Å²) in [6.07, 6.45) is 1.43. The molecule has 1 nitrogen and oxygen atoms in total. The SMILES string of the molecule is C[C@@H]1CCCC(F)(F)[C@@H]1N. The van der Waals surface area contributed by atoms with Crippen molar-refractivity contribution >= 4 is 0 Å². The molecule has 10 heavy (non-hydrogen) atoms. The van der Waals surface area contributed by atoms with Gasteiger partial charge in [0.1, 0.15) is 0 Å². The Morgan fingerprint density at radius 1 is 1.50 bits per heavy atom. The van der Waals surface area contributed by atoms with E-state index in [4.69, 9.17) is 5.73 Å². The quantitative estimate of drug-likeness (QED) is 0.558. The summed E-state index contributed by atoms with van der Waals surface area (Å²) in [4.78, 5) is 0. The topological polar surface area (TPSA) is 26.0 Å². The minimum Gasteiger partial charge on any atom is -0.322 e. The molecular weight excluding hydrogens is 136 g/mol. The summed E-state index contributed by atoms with van der Waals surface area (Å²) >= 11 is 0. The summed E-state index contributed by atoms with van der Waals surface area (Å²) in [6.45, 7) is 1.79. The van der Waals surface area contributed by atoms with E-state index in [0.717, 1.165) is 6.42 Å². The minimum atomic E-state index is -2.61. The van der Waals surface area contributed by atoms with Crippen molar-refractivity contribution in [3.05, 3.63) is 0 Å². The molecule has 1 rings (SSSR count). The first-order valence-electron chi connectivity index (χ1n) is 3.67. The number of halogens is 2. The van der Waals surface area contributed by atoms with Crippen LogP contribution in [-0.2, 0) is 0 Å². The van der Waals surface area contributed by atoms with Gasteiger partial charge in [-0.1, -0.05) is 6.92 Å². The fraction of sp³-hybridized carbons (Fsp3) is 1.00. The summed E-state index contributed by atoms with van der Waals surface area (Å²) in [7, 11) is 0. The van der Waals surface area contributed by atoms with Crippen LogP contribution in [0.4, 0.5) is 8.78 Å². The van der Waals surface area contributed by atoms with Crippen molar-refractivity contribution in [1.29, 1.82) is 0 Å². The van der Waals surface area contributed by atoms with Gasteiger partial charge in [0.15, 0.2) is 0 Å². The van der Waals surface area contributed by atoms with Crippen LogP contribution in [0, 0.1) is 5.92 Å². The molecule has 1 saturated carbocycles. The Bertz CT molecular complexity index is 125. The third kappa shape index (κ3) is 1.29. The van der Waals surface area contributed by atoms with E-state index in [-0.39, 0.29) is 12.3 Å². The normalized spacial score (nSPS) is 39.6. The molecule has 0 aromatic heterocycles. The minimum absolute atomic E-state index is 0.0243. The van der Waals surface area contributed by atoms with Gasteiger partial charge in [0.25, 0.3) is 5.92 Å². The van der Waals surface area contributed by atoms with Gasteiger partial charge >= 0.3 is 0 Å². The molecule has 0 aliphatic heterocycles. The maximum absolute atomic E-state index is 12.7. The molecule has 3 heteroatoms. The highest BCUT2D eigenvalue weighted by Gasteiger charge is 2.42. The van der Waals surface area contributed by atoms with Crippen molar-refractivity contribution in [1.82, 2.24) is 0 Å². The van der Waals surface area contributed by atoms with Crippen LogP contribution < -0.4 is 5.73 Å². The first-order valence-corrected chi connectivity index (χ1v) is 3.67. The highest BCUT2D eigenvalue weighted by Crippen LogP contribution is 2.35. The van der Waals surface area contributed by atoms with E-state index >= 15 is 0 Å². The van der Waals surface area contributed by atoms with Gasteiger partial charge in [0.05, 0.1) is 6.04 Å². The average Bonchev–Trinajstić information content (AvgIpc) is 1.83. The van der Waals surface area contributed by atoms with E-state index in [9.17, 15) is 8.78 Å². The lowest BCUT2D eigenvalue weighted by Crippen LogP contribution is -2.48. The summed E-state index contributed by atoms with van der Waals surface area (Å²) in [5.74, 6) is -2.64. The van der Waals surface area contributed by atoms with Crippen molar-refractivity contribution < 1.29 is 8.78 Å². The van der Waals surface area contributed by atoms with Crippen LogP contribution in [0.2, 0.25) is 0 Å². The van der Waals surface area contributed by atoms with Crippen LogP contribution in [0.1, 0.15) is 26.2 Å². The Kier molecular flexibility index (Phi) is 1.95. The number of rotatable bonds is 0. The molecule has 2 N–H and O–H groups in total. The van der Waals surface area contributed by atoms with Gasteiger partial charge in [0.2, 0.25) is 0 Å². The summed E-state index contributed by atoms with van der Waals surface area (Å²) in [6, 6.07) is -0.916. The molecule has 1 fully saturated rings.